The number of alkyl halides is 3. The first-order valence-electron chi connectivity index (χ1n) is 8.00. The highest BCUT2D eigenvalue weighted by Crippen LogP contribution is 2.41. The normalized spacial score (nSPS) is 16.4. The van der Waals surface area contributed by atoms with E-state index in [1.165, 1.54) is 28.9 Å². The van der Waals surface area contributed by atoms with Crippen LogP contribution in [-0.2, 0) is 19.1 Å². The molecule has 0 aliphatic heterocycles. The minimum absolute atomic E-state index is 0.0294. The Morgan fingerprint density at radius 2 is 1.85 bits per heavy atom. The van der Waals surface area contributed by atoms with Gasteiger partial charge in [0.05, 0.1) is 23.4 Å². The Hall–Kier alpha value is -2.64. The zero-order valence-electron chi connectivity index (χ0n) is 14.2. The van der Waals surface area contributed by atoms with Crippen LogP contribution < -0.4 is 0 Å². The lowest BCUT2D eigenvalue weighted by atomic mass is 9.75. The van der Waals surface area contributed by atoms with Crippen molar-refractivity contribution in [3.63, 3.8) is 0 Å². The molecule has 0 unspecified atom stereocenters. The lowest BCUT2D eigenvalue weighted by Gasteiger charge is -2.29. The van der Waals surface area contributed by atoms with Crippen LogP contribution in [-0.4, -0.2) is 26.6 Å². The van der Waals surface area contributed by atoms with Crippen LogP contribution in [0.2, 0.25) is 0 Å². The number of halogens is 3. The van der Waals surface area contributed by atoms with E-state index >= 15 is 0 Å². The molecule has 0 amide bonds. The van der Waals surface area contributed by atoms with Crippen molar-refractivity contribution in [2.45, 2.75) is 39.4 Å². The summed E-state index contributed by atoms with van der Waals surface area (Å²) in [5.74, 6) is -1.63. The summed E-state index contributed by atoms with van der Waals surface area (Å²) in [4.78, 5) is 23.2. The van der Waals surface area contributed by atoms with Crippen molar-refractivity contribution in [3.05, 3.63) is 52.3 Å². The summed E-state index contributed by atoms with van der Waals surface area (Å²) in [7, 11) is 0. The van der Waals surface area contributed by atoms with Gasteiger partial charge in [0.1, 0.15) is 0 Å². The van der Waals surface area contributed by atoms with Gasteiger partial charge in [-0.25, -0.2) is 4.79 Å². The molecule has 1 aromatic carbocycles. The van der Waals surface area contributed by atoms with Gasteiger partial charge < -0.3 is 5.11 Å². The number of carbonyl (C=O) groups is 2. The van der Waals surface area contributed by atoms with E-state index in [1.54, 1.807) is 0 Å². The Labute approximate surface area is 147 Å². The van der Waals surface area contributed by atoms with E-state index < -0.39 is 29.0 Å². The summed E-state index contributed by atoms with van der Waals surface area (Å²) in [5.41, 5.74) is -0.957. The molecule has 8 heteroatoms. The van der Waals surface area contributed by atoms with Gasteiger partial charge in [-0.3, -0.25) is 9.48 Å². The molecule has 1 heterocycles. The van der Waals surface area contributed by atoms with Crippen molar-refractivity contribution in [1.82, 2.24) is 9.78 Å². The van der Waals surface area contributed by atoms with Gasteiger partial charge in [0.15, 0.2) is 11.5 Å². The Morgan fingerprint density at radius 1 is 1.23 bits per heavy atom. The second-order valence-electron chi connectivity index (χ2n) is 7.27. The molecule has 0 atom stereocenters. The van der Waals surface area contributed by atoms with Gasteiger partial charge in [0.25, 0.3) is 0 Å². The van der Waals surface area contributed by atoms with Crippen LogP contribution in [0.3, 0.4) is 0 Å². The number of benzene rings is 1. The highest BCUT2D eigenvalue weighted by atomic mass is 19.4. The van der Waals surface area contributed by atoms with Crippen molar-refractivity contribution < 1.29 is 27.9 Å². The molecule has 1 aliphatic carbocycles. The maximum absolute atomic E-state index is 13.3. The van der Waals surface area contributed by atoms with E-state index in [0.717, 1.165) is 0 Å². The van der Waals surface area contributed by atoms with Gasteiger partial charge in [-0.1, -0.05) is 26.0 Å². The predicted octanol–water partition coefficient (Wildman–Crippen LogP) is 3.80. The molecule has 5 nitrogen and oxygen atoms in total. The SMILES string of the molecule is CC1(C)CC(=O)c2c(C(F)(F)F)nn(Cc3ccc(C(=O)O)cc3)c2C1. The van der Waals surface area contributed by atoms with Gasteiger partial charge in [0, 0.05) is 6.42 Å². The monoisotopic (exact) mass is 366 g/mol. The summed E-state index contributed by atoms with van der Waals surface area (Å²) in [6.07, 6.45) is -4.36. The van der Waals surface area contributed by atoms with E-state index in [1.807, 2.05) is 13.8 Å². The smallest absolute Gasteiger partial charge is 0.435 e. The van der Waals surface area contributed by atoms with Gasteiger partial charge in [-0.15, -0.1) is 0 Å². The summed E-state index contributed by atoms with van der Waals surface area (Å²) in [5, 5.41) is 12.6. The number of hydrogen-bond acceptors (Lipinski definition) is 3. The number of ketones is 1. The molecule has 0 bridgehead atoms. The van der Waals surface area contributed by atoms with Crippen LogP contribution in [0.4, 0.5) is 13.2 Å². The Balaban J connectivity index is 2.05. The summed E-state index contributed by atoms with van der Waals surface area (Å²) < 4.78 is 41.2. The topological polar surface area (TPSA) is 72.2 Å². The summed E-state index contributed by atoms with van der Waals surface area (Å²) in [6, 6.07) is 5.82. The number of carboxylic acid groups (broad SMARTS) is 1. The Kier molecular flexibility index (Phi) is 4.17. The standard InChI is InChI=1S/C18H17F3N2O3/c1-17(2)7-12-14(13(24)8-17)15(18(19,20)21)22-23(12)9-10-3-5-11(6-4-10)16(25)26/h3-6H,7-9H2,1-2H3,(H,25,26). The third-order valence-corrected chi connectivity index (χ3v) is 4.42. The molecule has 1 aliphatic rings. The molecule has 26 heavy (non-hydrogen) atoms. The number of carboxylic acids is 1. The van der Waals surface area contributed by atoms with E-state index in [0.29, 0.717) is 12.0 Å². The molecule has 3 rings (SSSR count). The first kappa shape index (κ1) is 18.2. The quantitative estimate of drug-likeness (QED) is 0.897. The fourth-order valence-corrected chi connectivity index (χ4v) is 3.26. The van der Waals surface area contributed by atoms with Crippen molar-refractivity contribution in [2.24, 2.45) is 5.41 Å². The molecule has 138 valence electrons. The first-order valence-corrected chi connectivity index (χ1v) is 8.00. The average Bonchev–Trinajstić information content (AvgIpc) is 2.85. The van der Waals surface area contributed by atoms with Gasteiger partial charge in [0.2, 0.25) is 0 Å². The van der Waals surface area contributed by atoms with Crippen molar-refractivity contribution >= 4 is 11.8 Å². The number of aromatic nitrogens is 2. The highest BCUT2D eigenvalue weighted by Gasteiger charge is 2.45. The van der Waals surface area contributed by atoms with Crippen molar-refractivity contribution in [1.29, 1.82) is 0 Å². The lowest BCUT2D eigenvalue weighted by molar-refractivity contribution is -0.141. The highest BCUT2D eigenvalue weighted by molar-refractivity contribution is 6.00. The summed E-state index contributed by atoms with van der Waals surface area (Å²) in [6.45, 7) is 3.70. The fraction of sp³-hybridized carbons (Fsp3) is 0.389. The average molecular weight is 366 g/mol. The first-order chi connectivity index (χ1) is 12.0. The molecule has 0 fully saturated rings. The number of Topliss-reactive ketones (excluding diaryl/α,β-unsaturated/α-hetero) is 1. The van der Waals surface area contributed by atoms with Gasteiger partial charge in [-0.05, 0) is 29.5 Å². The van der Waals surface area contributed by atoms with E-state index in [2.05, 4.69) is 5.10 Å². The molecule has 0 spiro atoms. The number of fused-ring (bicyclic) bond motifs is 1. The maximum atomic E-state index is 13.3. The minimum Gasteiger partial charge on any atom is -0.478 e. The van der Waals surface area contributed by atoms with Crippen LogP contribution in [0, 0.1) is 5.41 Å². The third-order valence-electron chi connectivity index (χ3n) is 4.42. The minimum atomic E-state index is -4.71. The molecular weight excluding hydrogens is 349 g/mol. The number of hydrogen-bond donors (Lipinski definition) is 1. The second kappa shape index (κ2) is 5.96. The Bertz CT molecular complexity index is 880. The van der Waals surface area contributed by atoms with Gasteiger partial charge >= 0.3 is 12.1 Å². The van der Waals surface area contributed by atoms with Gasteiger partial charge in [-0.2, -0.15) is 18.3 Å². The van der Waals surface area contributed by atoms with Crippen molar-refractivity contribution in [3.8, 4) is 0 Å². The maximum Gasteiger partial charge on any atom is 0.435 e. The van der Waals surface area contributed by atoms with Crippen molar-refractivity contribution in [2.75, 3.05) is 0 Å². The largest absolute Gasteiger partial charge is 0.478 e. The van der Waals surface area contributed by atoms with E-state index in [4.69, 9.17) is 5.11 Å². The zero-order valence-corrected chi connectivity index (χ0v) is 14.2. The number of nitrogens with zero attached hydrogens (tertiary/aromatic N) is 2. The predicted molar refractivity (Wildman–Crippen MR) is 86.2 cm³/mol. The van der Waals surface area contributed by atoms with Crippen LogP contribution in [0.5, 0.6) is 0 Å². The molecule has 0 saturated carbocycles. The van der Waals surface area contributed by atoms with Crippen LogP contribution in [0.1, 0.15) is 57.9 Å². The molecule has 1 N–H and O–H groups in total. The Morgan fingerprint density at radius 3 is 2.38 bits per heavy atom. The summed E-state index contributed by atoms with van der Waals surface area (Å²) >= 11 is 0. The van der Waals surface area contributed by atoms with E-state index in [-0.39, 0.29) is 29.8 Å². The van der Waals surface area contributed by atoms with Crippen LogP contribution in [0.15, 0.2) is 24.3 Å². The lowest BCUT2D eigenvalue weighted by Crippen LogP contribution is -2.29. The molecule has 2 aromatic rings. The number of carbonyl (C=O) groups excluding carboxylic acids is 1. The third kappa shape index (κ3) is 3.36. The van der Waals surface area contributed by atoms with E-state index in [9.17, 15) is 22.8 Å². The number of aromatic carboxylic acids is 1. The molecule has 1 aromatic heterocycles. The number of rotatable bonds is 3. The molecular formula is C18H17F3N2O3. The second-order valence-corrected chi connectivity index (χ2v) is 7.27. The molecule has 0 radical (unpaired) electrons. The van der Waals surface area contributed by atoms with Crippen LogP contribution in [0.25, 0.3) is 0 Å². The van der Waals surface area contributed by atoms with Crippen LogP contribution >= 0.6 is 0 Å². The fourth-order valence-electron chi connectivity index (χ4n) is 3.26. The molecule has 0 saturated heterocycles. The zero-order chi connectivity index (χ0) is 19.3.